The summed E-state index contributed by atoms with van der Waals surface area (Å²) in [6.45, 7) is 6.08. The second-order valence-corrected chi connectivity index (χ2v) is 3.92. The molecule has 0 aliphatic heterocycles. The Labute approximate surface area is 95.6 Å². The minimum Gasteiger partial charge on any atom is -0.340 e. The lowest BCUT2D eigenvalue weighted by molar-refractivity contribution is 1.06. The number of hydrogen-bond donors (Lipinski definition) is 1. The molecule has 0 spiro atoms. The summed E-state index contributed by atoms with van der Waals surface area (Å²) in [5.74, 6) is 0.872. The first-order valence-corrected chi connectivity index (χ1v) is 5.28. The van der Waals surface area contributed by atoms with Gasteiger partial charge in [-0.05, 0) is 32.9 Å². The minimum absolute atomic E-state index is 0.872. The first-order chi connectivity index (χ1) is 7.66. The maximum absolute atomic E-state index is 4.23. The van der Waals surface area contributed by atoms with Crippen LogP contribution in [0.15, 0.2) is 30.6 Å². The summed E-state index contributed by atoms with van der Waals surface area (Å²) in [5.41, 5.74) is 4.39. The molecule has 82 valence electrons. The van der Waals surface area contributed by atoms with Gasteiger partial charge >= 0.3 is 0 Å². The van der Waals surface area contributed by atoms with Gasteiger partial charge in [-0.2, -0.15) is 0 Å². The molecule has 0 saturated carbocycles. The van der Waals surface area contributed by atoms with Crippen LogP contribution in [0.3, 0.4) is 0 Å². The molecule has 0 unspecified atom stereocenters. The molecule has 0 fully saturated rings. The molecule has 1 aromatic carbocycles. The molecular weight excluding hydrogens is 198 g/mol. The quantitative estimate of drug-likeness (QED) is 0.832. The van der Waals surface area contributed by atoms with Gasteiger partial charge in [0.1, 0.15) is 12.1 Å². The third-order valence-corrected chi connectivity index (χ3v) is 2.65. The zero-order valence-corrected chi connectivity index (χ0v) is 9.78. The largest absolute Gasteiger partial charge is 0.340 e. The molecule has 0 aliphatic rings. The number of nitrogens with one attached hydrogen (secondary N) is 1. The Kier molecular flexibility index (Phi) is 2.86. The molecule has 0 radical (unpaired) electrons. The predicted molar refractivity (Wildman–Crippen MR) is 66.0 cm³/mol. The van der Waals surface area contributed by atoms with E-state index in [0.717, 1.165) is 22.8 Å². The lowest BCUT2D eigenvalue weighted by Gasteiger charge is -2.09. The molecule has 2 rings (SSSR count). The van der Waals surface area contributed by atoms with Crippen molar-refractivity contribution in [2.24, 2.45) is 0 Å². The molecule has 0 bridgehead atoms. The van der Waals surface area contributed by atoms with E-state index in [4.69, 9.17) is 0 Å². The monoisotopic (exact) mass is 213 g/mol. The molecule has 1 N–H and O–H groups in total. The van der Waals surface area contributed by atoms with Crippen LogP contribution < -0.4 is 5.32 Å². The average molecular weight is 213 g/mol. The fraction of sp³-hybridized carbons (Fsp3) is 0.231. The van der Waals surface area contributed by atoms with Gasteiger partial charge in [-0.3, -0.25) is 0 Å². The highest BCUT2D eigenvalue weighted by Gasteiger charge is 2.03. The van der Waals surface area contributed by atoms with Gasteiger partial charge in [-0.25, -0.2) is 9.97 Å². The summed E-state index contributed by atoms with van der Waals surface area (Å²) >= 11 is 0. The molecule has 3 nitrogen and oxygen atoms in total. The highest BCUT2D eigenvalue weighted by atomic mass is 15.0. The number of benzene rings is 1. The van der Waals surface area contributed by atoms with Crippen LogP contribution in [0.1, 0.15) is 16.8 Å². The van der Waals surface area contributed by atoms with Crippen molar-refractivity contribution < 1.29 is 0 Å². The van der Waals surface area contributed by atoms with E-state index in [0.29, 0.717) is 0 Å². The van der Waals surface area contributed by atoms with Crippen molar-refractivity contribution in [3.63, 3.8) is 0 Å². The molecule has 3 heteroatoms. The van der Waals surface area contributed by atoms with E-state index >= 15 is 0 Å². The molecule has 16 heavy (non-hydrogen) atoms. The van der Waals surface area contributed by atoms with Gasteiger partial charge < -0.3 is 5.32 Å². The maximum atomic E-state index is 4.23. The van der Waals surface area contributed by atoms with Crippen LogP contribution in [0.5, 0.6) is 0 Å². The van der Waals surface area contributed by atoms with Crippen LogP contribution in [-0.2, 0) is 0 Å². The van der Waals surface area contributed by atoms with Gasteiger partial charge in [0.05, 0.1) is 0 Å². The van der Waals surface area contributed by atoms with E-state index in [1.54, 1.807) is 6.33 Å². The normalized spacial score (nSPS) is 10.2. The highest BCUT2D eigenvalue weighted by molar-refractivity contribution is 5.59. The fourth-order valence-electron chi connectivity index (χ4n) is 1.44. The summed E-state index contributed by atoms with van der Waals surface area (Å²) in [6, 6.07) is 8.25. The van der Waals surface area contributed by atoms with Crippen molar-refractivity contribution >= 4 is 11.5 Å². The third kappa shape index (κ3) is 2.19. The summed E-state index contributed by atoms with van der Waals surface area (Å²) in [6.07, 6.45) is 1.58. The Hall–Kier alpha value is -1.90. The minimum atomic E-state index is 0.872. The number of aryl methyl sites for hydroxylation is 2. The second kappa shape index (κ2) is 4.31. The van der Waals surface area contributed by atoms with Gasteiger partial charge in [-0.15, -0.1) is 0 Å². The molecule has 2 aromatic rings. The number of aromatic nitrogens is 2. The summed E-state index contributed by atoms with van der Waals surface area (Å²) < 4.78 is 0. The summed E-state index contributed by atoms with van der Waals surface area (Å²) in [4.78, 5) is 8.38. The van der Waals surface area contributed by atoms with Crippen LogP contribution in [0, 0.1) is 20.8 Å². The van der Waals surface area contributed by atoms with E-state index < -0.39 is 0 Å². The Bertz CT molecular complexity index is 489. The summed E-state index contributed by atoms with van der Waals surface area (Å²) in [5, 5.41) is 3.29. The smallest absolute Gasteiger partial charge is 0.136 e. The lowest BCUT2D eigenvalue weighted by atomic mass is 10.2. The first-order valence-electron chi connectivity index (χ1n) is 5.28. The van der Waals surface area contributed by atoms with Crippen LogP contribution in [0.2, 0.25) is 0 Å². The second-order valence-electron chi connectivity index (χ2n) is 3.92. The molecule has 1 heterocycles. The molecule has 0 amide bonds. The predicted octanol–water partition coefficient (Wildman–Crippen LogP) is 3.15. The van der Waals surface area contributed by atoms with Gasteiger partial charge in [0.25, 0.3) is 0 Å². The number of rotatable bonds is 2. The van der Waals surface area contributed by atoms with Crippen LogP contribution in [0.4, 0.5) is 11.5 Å². The maximum Gasteiger partial charge on any atom is 0.136 e. The standard InChI is InChI=1S/C13H15N3/c1-9-4-6-12(7-5-9)16-13-10(2)11(3)14-8-15-13/h4-8H,1-3H3,(H,14,15,16). The Balaban J connectivity index is 2.27. The molecule has 1 aromatic heterocycles. The van der Waals surface area contributed by atoms with Gasteiger partial charge in [0.15, 0.2) is 0 Å². The van der Waals surface area contributed by atoms with E-state index in [2.05, 4.69) is 34.3 Å². The number of anilines is 2. The van der Waals surface area contributed by atoms with E-state index in [1.165, 1.54) is 5.56 Å². The van der Waals surface area contributed by atoms with Crippen LogP contribution in [-0.4, -0.2) is 9.97 Å². The Morgan fingerprint density at radius 2 is 1.62 bits per heavy atom. The molecule has 0 atom stereocenters. The van der Waals surface area contributed by atoms with Crippen molar-refractivity contribution in [1.82, 2.24) is 9.97 Å². The van der Waals surface area contributed by atoms with E-state index in [-0.39, 0.29) is 0 Å². The van der Waals surface area contributed by atoms with Gasteiger partial charge in [0.2, 0.25) is 0 Å². The van der Waals surface area contributed by atoms with Crippen molar-refractivity contribution in [2.75, 3.05) is 5.32 Å². The van der Waals surface area contributed by atoms with Crippen molar-refractivity contribution in [2.45, 2.75) is 20.8 Å². The van der Waals surface area contributed by atoms with E-state index in [1.807, 2.05) is 26.0 Å². The summed E-state index contributed by atoms with van der Waals surface area (Å²) in [7, 11) is 0. The Morgan fingerprint density at radius 1 is 0.938 bits per heavy atom. The molecular formula is C13H15N3. The highest BCUT2D eigenvalue weighted by Crippen LogP contribution is 2.19. The zero-order valence-electron chi connectivity index (χ0n) is 9.78. The van der Waals surface area contributed by atoms with Crippen molar-refractivity contribution in [3.8, 4) is 0 Å². The molecule has 0 aliphatic carbocycles. The Morgan fingerprint density at radius 3 is 2.31 bits per heavy atom. The number of hydrogen-bond acceptors (Lipinski definition) is 3. The van der Waals surface area contributed by atoms with E-state index in [9.17, 15) is 0 Å². The van der Waals surface area contributed by atoms with Crippen LogP contribution >= 0.6 is 0 Å². The third-order valence-electron chi connectivity index (χ3n) is 2.65. The fourth-order valence-corrected chi connectivity index (χ4v) is 1.44. The average Bonchev–Trinajstić information content (AvgIpc) is 2.28. The van der Waals surface area contributed by atoms with Crippen molar-refractivity contribution in [3.05, 3.63) is 47.4 Å². The topological polar surface area (TPSA) is 37.8 Å². The van der Waals surface area contributed by atoms with Crippen LogP contribution in [0.25, 0.3) is 0 Å². The van der Waals surface area contributed by atoms with Crippen molar-refractivity contribution in [1.29, 1.82) is 0 Å². The number of nitrogens with zero attached hydrogens (tertiary/aromatic N) is 2. The van der Waals surface area contributed by atoms with Gasteiger partial charge in [0, 0.05) is 16.9 Å². The van der Waals surface area contributed by atoms with Gasteiger partial charge in [-0.1, -0.05) is 17.7 Å². The first kappa shape index (κ1) is 10.6. The molecule has 0 saturated heterocycles. The zero-order chi connectivity index (χ0) is 11.5. The lowest BCUT2D eigenvalue weighted by Crippen LogP contribution is -1.99. The SMILES string of the molecule is Cc1ccc(Nc2ncnc(C)c2C)cc1.